The second kappa shape index (κ2) is 8.29. The van der Waals surface area contributed by atoms with Crippen LogP contribution in [0.3, 0.4) is 0 Å². The van der Waals surface area contributed by atoms with E-state index in [1.807, 2.05) is 0 Å². The lowest BCUT2D eigenvalue weighted by Gasteiger charge is -2.23. The molecule has 0 saturated heterocycles. The van der Waals surface area contributed by atoms with Crippen LogP contribution in [0.15, 0.2) is 16.1 Å². The van der Waals surface area contributed by atoms with Crippen molar-refractivity contribution in [1.29, 1.82) is 0 Å². The van der Waals surface area contributed by atoms with Crippen LogP contribution >= 0.6 is 0 Å². The summed E-state index contributed by atoms with van der Waals surface area (Å²) < 4.78 is 0. The predicted molar refractivity (Wildman–Crippen MR) is 120 cm³/mol. The minimum atomic E-state index is 0.528. The molecule has 3 rings (SSSR count). The molecule has 2 saturated carbocycles. The third-order valence-electron chi connectivity index (χ3n) is 6.77. The second-order valence-electron chi connectivity index (χ2n) is 9.05. The fourth-order valence-corrected chi connectivity index (χ4v) is 3.87. The lowest BCUT2D eigenvalue weighted by molar-refractivity contribution is 0.711. The van der Waals surface area contributed by atoms with Crippen LogP contribution in [-0.2, 0) is 0 Å². The first-order valence-electron chi connectivity index (χ1n) is 11.1. The van der Waals surface area contributed by atoms with Crippen molar-refractivity contribution in [3.8, 4) is 0 Å². The van der Waals surface area contributed by atoms with Gasteiger partial charge >= 0.3 is 0 Å². The molecule has 2 fully saturated rings. The van der Waals surface area contributed by atoms with Gasteiger partial charge in [0.2, 0.25) is 0 Å². The van der Waals surface area contributed by atoms with E-state index in [0.29, 0.717) is 23.7 Å². The molecule has 2 aliphatic rings. The predicted octanol–water partition coefficient (Wildman–Crippen LogP) is 8.03. The molecule has 0 aromatic heterocycles. The van der Waals surface area contributed by atoms with Gasteiger partial charge < -0.3 is 0 Å². The minimum absolute atomic E-state index is 0.528. The summed E-state index contributed by atoms with van der Waals surface area (Å²) in [6, 6.07) is 2.45. The zero-order valence-electron chi connectivity index (χ0n) is 18.5. The fourth-order valence-electron chi connectivity index (χ4n) is 3.87. The molecule has 0 spiro atoms. The van der Waals surface area contributed by atoms with Crippen LogP contribution in [-0.4, -0.2) is 11.4 Å². The highest BCUT2D eigenvalue weighted by Crippen LogP contribution is 2.45. The molecule has 2 heteroatoms. The van der Waals surface area contributed by atoms with Crippen molar-refractivity contribution >= 4 is 22.8 Å². The van der Waals surface area contributed by atoms with Crippen LogP contribution in [0.4, 0.5) is 11.4 Å². The number of nitrogens with zero attached hydrogens (tertiary/aromatic N) is 2. The van der Waals surface area contributed by atoms with E-state index in [4.69, 9.17) is 9.98 Å². The second-order valence-corrected chi connectivity index (χ2v) is 9.05. The van der Waals surface area contributed by atoms with Crippen molar-refractivity contribution in [2.75, 3.05) is 0 Å². The van der Waals surface area contributed by atoms with Crippen molar-refractivity contribution in [3.63, 3.8) is 0 Å². The van der Waals surface area contributed by atoms with E-state index in [0.717, 1.165) is 12.8 Å². The molecule has 0 heterocycles. The van der Waals surface area contributed by atoms with Gasteiger partial charge in [-0.25, -0.2) is 0 Å². The molecule has 0 amide bonds. The van der Waals surface area contributed by atoms with Gasteiger partial charge in [-0.2, -0.15) is 0 Å². The average molecular weight is 367 g/mol. The number of hydrogen-bond donors (Lipinski definition) is 0. The monoisotopic (exact) mass is 366 g/mol. The first-order chi connectivity index (χ1) is 12.9. The number of hydrogen-bond acceptors (Lipinski definition) is 2. The Hall–Kier alpha value is -1.44. The quantitative estimate of drug-likeness (QED) is 0.416. The van der Waals surface area contributed by atoms with E-state index in [1.54, 1.807) is 0 Å². The summed E-state index contributed by atoms with van der Waals surface area (Å²) in [4.78, 5) is 10.4. The zero-order valence-corrected chi connectivity index (χ0v) is 18.5. The molecule has 2 nitrogen and oxygen atoms in total. The normalized spacial score (nSPS) is 20.7. The van der Waals surface area contributed by atoms with E-state index in [1.165, 1.54) is 65.2 Å². The molecule has 2 atom stereocenters. The molecule has 148 valence electrons. The maximum Gasteiger partial charge on any atom is 0.0714 e. The highest BCUT2D eigenvalue weighted by molar-refractivity contribution is 5.92. The standard InChI is InChI=1S/C25H38N2/c1-8-15(3)22-14-23(16(4)9-2)25(27-19(7)21-12-13-21)17(5)24(22)26-18(6)20-10-11-20/h14-16,20-21H,8-13H2,1-7H3. The summed E-state index contributed by atoms with van der Waals surface area (Å²) in [5.41, 5.74) is 9.19. The molecule has 2 aliphatic carbocycles. The van der Waals surface area contributed by atoms with Crippen LogP contribution in [0.25, 0.3) is 0 Å². The first-order valence-corrected chi connectivity index (χ1v) is 11.1. The van der Waals surface area contributed by atoms with Crippen molar-refractivity contribution in [1.82, 2.24) is 0 Å². The van der Waals surface area contributed by atoms with Crippen LogP contribution in [0.2, 0.25) is 0 Å². The Balaban J connectivity index is 2.20. The van der Waals surface area contributed by atoms with Crippen molar-refractivity contribution in [2.45, 2.75) is 98.8 Å². The van der Waals surface area contributed by atoms with Gasteiger partial charge in [0.05, 0.1) is 11.4 Å². The molecule has 2 unspecified atom stereocenters. The first kappa shape index (κ1) is 20.3. The highest BCUT2D eigenvalue weighted by Gasteiger charge is 2.28. The lowest BCUT2D eigenvalue weighted by atomic mass is 9.86. The average Bonchev–Trinajstić information content (AvgIpc) is 3.55. The fraction of sp³-hybridized carbons (Fsp3) is 0.680. The number of aliphatic imine (C=N–C) groups is 2. The maximum absolute atomic E-state index is 5.19. The molecule has 0 N–H and O–H groups in total. The Morgan fingerprint density at radius 2 is 1.22 bits per heavy atom. The Bertz CT molecular complexity index is 688. The highest BCUT2D eigenvalue weighted by atomic mass is 14.8. The third kappa shape index (κ3) is 4.52. The van der Waals surface area contributed by atoms with Gasteiger partial charge in [0, 0.05) is 17.0 Å². The Morgan fingerprint density at radius 3 is 1.52 bits per heavy atom. The van der Waals surface area contributed by atoms with Crippen LogP contribution in [0, 0.1) is 18.8 Å². The largest absolute Gasteiger partial charge is 0.257 e. The van der Waals surface area contributed by atoms with E-state index >= 15 is 0 Å². The molecule has 1 aromatic rings. The Kier molecular flexibility index (Phi) is 6.23. The van der Waals surface area contributed by atoms with Gasteiger partial charge in [-0.15, -0.1) is 0 Å². The van der Waals surface area contributed by atoms with Crippen LogP contribution < -0.4 is 0 Å². The summed E-state index contributed by atoms with van der Waals surface area (Å²) in [6.07, 6.45) is 7.53. The summed E-state index contributed by atoms with van der Waals surface area (Å²) in [7, 11) is 0. The SMILES string of the molecule is CCC(C)c1cc(C(C)CC)c(N=C(C)C2CC2)c(C)c1N=C(C)C1CC1. The molecular formula is C25H38N2. The molecule has 0 radical (unpaired) electrons. The van der Waals surface area contributed by atoms with E-state index in [2.05, 4.69) is 54.5 Å². The van der Waals surface area contributed by atoms with Crippen molar-refractivity contribution in [2.24, 2.45) is 21.8 Å². The van der Waals surface area contributed by atoms with Gasteiger partial charge in [0.15, 0.2) is 0 Å². The van der Waals surface area contributed by atoms with Gasteiger partial charge in [0.25, 0.3) is 0 Å². The molecule has 1 aromatic carbocycles. The van der Waals surface area contributed by atoms with E-state index < -0.39 is 0 Å². The van der Waals surface area contributed by atoms with Gasteiger partial charge in [-0.3, -0.25) is 9.98 Å². The van der Waals surface area contributed by atoms with Crippen molar-refractivity contribution in [3.05, 3.63) is 22.8 Å². The number of rotatable bonds is 8. The smallest absolute Gasteiger partial charge is 0.0714 e. The lowest BCUT2D eigenvalue weighted by Crippen LogP contribution is -2.04. The molecular weight excluding hydrogens is 328 g/mol. The summed E-state index contributed by atoms with van der Waals surface area (Å²) >= 11 is 0. The molecule has 0 bridgehead atoms. The zero-order chi connectivity index (χ0) is 19.7. The summed E-state index contributed by atoms with van der Waals surface area (Å²) in [5, 5.41) is 0. The van der Waals surface area contributed by atoms with Crippen LogP contribution in [0.5, 0.6) is 0 Å². The summed E-state index contributed by atoms with van der Waals surface area (Å²) in [5.74, 6) is 2.48. The van der Waals surface area contributed by atoms with Gasteiger partial charge in [-0.05, 0) is 94.1 Å². The van der Waals surface area contributed by atoms with Crippen molar-refractivity contribution < 1.29 is 0 Å². The maximum atomic E-state index is 5.19. The van der Waals surface area contributed by atoms with Gasteiger partial charge in [0.1, 0.15) is 0 Å². The van der Waals surface area contributed by atoms with E-state index in [-0.39, 0.29) is 0 Å². The number of benzene rings is 1. The Morgan fingerprint density at radius 1 is 0.852 bits per heavy atom. The van der Waals surface area contributed by atoms with E-state index in [9.17, 15) is 0 Å². The molecule has 0 aliphatic heterocycles. The third-order valence-corrected chi connectivity index (χ3v) is 6.77. The minimum Gasteiger partial charge on any atom is -0.257 e. The summed E-state index contributed by atoms with van der Waals surface area (Å²) in [6.45, 7) is 16.0. The van der Waals surface area contributed by atoms with Gasteiger partial charge in [-0.1, -0.05) is 33.8 Å². The molecule has 27 heavy (non-hydrogen) atoms. The Labute approximate surface area is 166 Å². The van der Waals surface area contributed by atoms with Crippen LogP contribution in [0.1, 0.15) is 109 Å². The topological polar surface area (TPSA) is 24.7 Å².